The molecule has 0 radical (unpaired) electrons. The minimum absolute atomic E-state index is 0.236. The number of nitrogens with one attached hydrogen (secondary N) is 2. The van der Waals surface area contributed by atoms with Gasteiger partial charge in [-0.2, -0.15) is 0 Å². The Morgan fingerprint density at radius 3 is 2.19 bits per heavy atom. The quantitative estimate of drug-likeness (QED) is 0.409. The molecule has 0 saturated carbocycles. The van der Waals surface area contributed by atoms with Crippen molar-refractivity contribution < 1.29 is 22.7 Å². The Morgan fingerprint density at radius 2 is 1.56 bits per heavy atom. The van der Waals surface area contributed by atoms with Crippen molar-refractivity contribution in [3.05, 3.63) is 58.1 Å². The number of methoxy groups -OCH3 is 1. The third-order valence-electron chi connectivity index (χ3n) is 5.19. The van der Waals surface area contributed by atoms with Crippen LogP contribution in [-0.4, -0.2) is 33.9 Å². The first-order valence-corrected chi connectivity index (χ1v) is 12.1. The van der Waals surface area contributed by atoms with Gasteiger partial charge in [-0.25, -0.2) is 8.42 Å². The van der Waals surface area contributed by atoms with Gasteiger partial charge in [0, 0.05) is 18.5 Å². The molecule has 2 rings (SSSR count). The number of anilines is 1. The van der Waals surface area contributed by atoms with Gasteiger partial charge in [0.15, 0.2) is 0 Å². The molecule has 174 valence electrons. The summed E-state index contributed by atoms with van der Waals surface area (Å²) in [5, 5.41) is 2.83. The predicted octanol–water partition coefficient (Wildman–Crippen LogP) is 4.18. The first-order chi connectivity index (χ1) is 15.0. The highest BCUT2D eigenvalue weighted by Gasteiger charge is 2.21. The van der Waals surface area contributed by atoms with Gasteiger partial charge in [-0.15, -0.1) is 0 Å². The Kier molecular flexibility index (Phi) is 8.83. The second kappa shape index (κ2) is 11.1. The first-order valence-electron chi connectivity index (χ1n) is 10.6. The van der Waals surface area contributed by atoms with Crippen LogP contribution in [-0.2, 0) is 19.6 Å². The van der Waals surface area contributed by atoms with Gasteiger partial charge in [0.25, 0.3) is 15.9 Å². The summed E-state index contributed by atoms with van der Waals surface area (Å²) in [7, 11) is -2.45. The molecule has 0 saturated heterocycles. The molecule has 0 aromatic heterocycles. The third-order valence-corrected chi connectivity index (χ3v) is 6.86. The molecule has 2 aromatic rings. The number of amides is 1. The highest BCUT2D eigenvalue weighted by atomic mass is 32.2. The van der Waals surface area contributed by atoms with E-state index in [1.807, 2.05) is 19.1 Å². The van der Waals surface area contributed by atoms with E-state index in [1.54, 1.807) is 39.0 Å². The van der Waals surface area contributed by atoms with Crippen LogP contribution in [0.4, 0.5) is 5.69 Å². The number of unbranched alkanes of at least 4 members (excludes halogenated alkanes) is 2. The molecule has 0 spiro atoms. The third kappa shape index (κ3) is 6.82. The minimum Gasteiger partial charge on any atom is -0.469 e. The van der Waals surface area contributed by atoms with E-state index in [0.29, 0.717) is 41.8 Å². The number of hydrogen-bond donors (Lipinski definition) is 2. The fraction of sp³-hybridized carbons (Fsp3) is 0.417. The lowest BCUT2D eigenvalue weighted by Crippen LogP contribution is -2.25. The maximum absolute atomic E-state index is 13.1. The van der Waals surface area contributed by atoms with Crippen molar-refractivity contribution in [1.82, 2.24) is 5.32 Å². The normalized spacial score (nSPS) is 11.2. The summed E-state index contributed by atoms with van der Waals surface area (Å²) in [5.41, 5.74) is 3.81. The van der Waals surface area contributed by atoms with Crippen LogP contribution in [0.2, 0.25) is 0 Å². The molecule has 0 bridgehead atoms. The van der Waals surface area contributed by atoms with Crippen molar-refractivity contribution >= 4 is 27.6 Å². The van der Waals surface area contributed by atoms with Gasteiger partial charge in [0.05, 0.1) is 17.7 Å². The number of carbonyl (C=O) groups excluding carboxylic acids is 2. The van der Waals surface area contributed by atoms with Crippen LogP contribution in [0.5, 0.6) is 0 Å². The average Bonchev–Trinajstić information content (AvgIpc) is 2.70. The van der Waals surface area contributed by atoms with Crippen LogP contribution in [0.25, 0.3) is 0 Å². The number of rotatable bonds is 10. The number of ether oxygens (including phenoxy) is 1. The molecule has 32 heavy (non-hydrogen) atoms. The summed E-state index contributed by atoms with van der Waals surface area (Å²) < 4.78 is 33.4. The van der Waals surface area contributed by atoms with Crippen LogP contribution < -0.4 is 10.0 Å². The summed E-state index contributed by atoms with van der Waals surface area (Å²) in [5.74, 6) is -0.513. The molecule has 0 aliphatic carbocycles. The average molecular weight is 461 g/mol. The monoisotopic (exact) mass is 460 g/mol. The minimum atomic E-state index is -3.81. The van der Waals surface area contributed by atoms with Crippen LogP contribution in [0.1, 0.15) is 58.3 Å². The molecular weight excluding hydrogens is 428 g/mol. The van der Waals surface area contributed by atoms with Crippen molar-refractivity contribution in [2.45, 2.75) is 58.3 Å². The maximum Gasteiger partial charge on any atom is 0.305 e. The SMILES string of the molecule is COC(=O)CCCCCNC(=O)c1ccc(C)c(NS(=O)(=O)c2c(C)cc(C)cc2C)c1. The smallest absolute Gasteiger partial charge is 0.305 e. The van der Waals surface area contributed by atoms with Crippen molar-refractivity contribution in [3.63, 3.8) is 0 Å². The molecule has 7 nitrogen and oxygen atoms in total. The Balaban J connectivity index is 2.06. The molecule has 0 aliphatic heterocycles. The van der Waals surface area contributed by atoms with E-state index in [4.69, 9.17) is 0 Å². The van der Waals surface area contributed by atoms with E-state index < -0.39 is 10.0 Å². The topological polar surface area (TPSA) is 102 Å². The van der Waals surface area contributed by atoms with E-state index in [9.17, 15) is 18.0 Å². The summed E-state index contributed by atoms with van der Waals surface area (Å²) in [6.45, 7) is 7.73. The van der Waals surface area contributed by atoms with E-state index >= 15 is 0 Å². The summed E-state index contributed by atoms with van der Waals surface area (Å²) in [4.78, 5) is 23.9. The van der Waals surface area contributed by atoms with E-state index in [0.717, 1.165) is 24.0 Å². The molecule has 0 unspecified atom stereocenters. The number of carbonyl (C=O) groups is 2. The fourth-order valence-corrected chi connectivity index (χ4v) is 5.21. The number of aryl methyl sites for hydroxylation is 4. The first kappa shape index (κ1) is 25.4. The number of hydrogen-bond acceptors (Lipinski definition) is 5. The van der Waals surface area contributed by atoms with Gasteiger partial charge in [0.2, 0.25) is 0 Å². The van der Waals surface area contributed by atoms with Gasteiger partial charge in [0.1, 0.15) is 0 Å². The van der Waals surface area contributed by atoms with E-state index in [1.165, 1.54) is 7.11 Å². The second-order valence-corrected chi connectivity index (χ2v) is 9.62. The fourth-order valence-electron chi connectivity index (χ4n) is 3.64. The van der Waals surface area contributed by atoms with Crippen molar-refractivity contribution in [3.8, 4) is 0 Å². The summed E-state index contributed by atoms with van der Waals surface area (Å²) in [6, 6.07) is 8.62. The molecule has 0 heterocycles. The van der Waals surface area contributed by atoms with E-state index in [2.05, 4.69) is 14.8 Å². The number of esters is 1. The highest BCUT2D eigenvalue weighted by Crippen LogP contribution is 2.26. The van der Waals surface area contributed by atoms with Gasteiger partial charge in [-0.05, 0) is 69.4 Å². The maximum atomic E-state index is 13.1. The van der Waals surface area contributed by atoms with Crippen LogP contribution in [0.15, 0.2) is 35.2 Å². The standard InChI is InChI=1S/C24H32N2O5S/c1-16-13-18(3)23(19(4)14-16)32(29,30)26-21-15-20(11-10-17(21)2)24(28)25-12-8-6-7-9-22(27)31-5/h10-11,13-15,26H,6-9,12H2,1-5H3,(H,25,28). The molecule has 0 atom stereocenters. The molecule has 8 heteroatoms. The Bertz CT molecular complexity index is 1070. The zero-order chi connectivity index (χ0) is 23.9. The van der Waals surface area contributed by atoms with Crippen LogP contribution >= 0.6 is 0 Å². The molecule has 2 N–H and O–H groups in total. The van der Waals surface area contributed by atoms with Gasteiger partial charge < -0.3 is 10.1 Å². The van der Waals surface area contributed by atoms with E-state index in [-0.39, 0.29) is 16.8 Å². The van der Waals surface area contributed by atoms with Crippen molar-refractivity contribution in [2.75, 3.05) is 18.4 Å². The molecule has 2 aromatic carbocycles. The number of benzene rings is 2. The van der Waals surface area contributed by atoms with Crippen molar-refractivity contribution in [1.29, 1.82) is 0 Å². The number of sulfonamides is 1. The lowest BCUT2D eigenvalue weighted by Gasteiger charge is -2.16. The van der Waals surface area contributed by atoms with Gasteiger partial charge >= 0.3 is 5.97 Å². The predicted molar refractivity (Wildman–Crippen MR) is 125 cm³/mol. The molecular formula is C24H32N2O5S. The van der Waals surface area contributed by atoms with Crippen LogP contribution in [0.3, 0.4) is 0 Å². The largest absolute Gasteiger partial charge is 0.469 e. The molecule has 0 fully saturated rings. The molecule has 0 aliphatic rings. The van der Waals surface area contributed by atoms with Crippen molar-refractivity contribution in [2.24, 2.45) is 0 Å². The zero-order valence-electron chi connectivity index (χ0n) is 19.4. The van der Waals surface area contributed by atoms with Crippen LogP contribution in [0, 0.1) is 27.7 Å². The zero-order valence-corrected chi connectivity index (χ0v) is 20.2. The Morgan fingerprint density at radius 1 is 0.906 bits per heavy atom. The van der Waals surface area contributed by atoms with Gasteiger partial charge in [-0.1, -0.05) is 30.2 Å². The van der Waals surface area contributed by atoms with Gasteiger partial charge in [-0.3, -0.25) is 14.3 Å². The Hall–Kier alpha value is -2.87. The Labute approximate surface area is 190 Å². The highest BCUT2D eigenvalue weighted by molar-refractivity contribution is 7.92. The second-order valence-electron chi connectivity index (χ2n) is 8.01. The lowest BCUT2D eigenvalue weighted by atomic mass is 10.1. The lowest BCUT2D eigenvalue weighted by molar-refractivity contribution is -0.140. The summed E-state index contributed by atoms with van der Waals surface area (Å²) >= 11 is 0. The molecule has 1 amide bonds. The summed E-state index contributed by atoms with van der Waals surface area (Å²) in [6.07, 6.45) is 2.60.